The van der Waals surface area contributed by atoms with Gasteiger partial charge in [-0.1, -0.05) is 91.8 Å². The number of nitrogens with zero attached hydrogens (tertiary/aromatic N) is 2. The molecule has 0 aliphatic carbocycles. The lowest BCUT2D eigenvalue weighted by Crippen LogP contribution is -2.30. The summed E-state index contributed by atoms with van der Waals surface area (Å²) in [5.74, 6) is 1.84. The zero-order chi connectivity index (χ0) is 20.6. The van der Waals surface area contributed by atoms with Crippen molar-refractivity contribution in [3.05, 3.63) is 69.8 Å². The Balaban J connectivity index is 2.23. The fourth-order valence-electron chi connectivity index (χ4n) is 4.01. The molecule has 0 saturated heterocycles. The van der Waals surface area contributed by atoms with Gasteiger partial charge in [-0.3, -0.25) is 0 Å². The Morgan fingerprint density at radius 3 is 1.25 bits per heavy atom. The zero-order valence-electron chi connectivity index (χ0n) is 18.7. The van der Waals surface area contributed by atoms with Crippen molar-refractivity contribution in [1.29, 1.82) is 0 Å². The molecule has 3 rings (SSSR count). The SMILES string of the molecule is CC(C)c1ccc(C2(c3ccc(C(C)C)cc3C(C)C)N=C=N2)c(C(C)C)c1. The van der Waals surface area contributed by atoms with E-state index in [0.29, 0.717) is 23.7 Å². The van der Waals surface area contributed by atoms with E-state index in [9.17, 15) is 0 Å². The van der Waals surface area contributed by atoms with E-state index in [4.69, 9.17) is 9.98 Å². The molecule has 0 atom stereocenters. The third-order valence-corrected chi connectivity index (χ3v) is 5.90. The molecule has 2 aromatic carbocycles. The molecule has 148 valence electrons. The molecular weight excluding hydrogens is 340 g/mol. The Labute approximate surface area is 170 Å². The highest BCUT2D eigenvalue weighted by Crippen LogP contribution is 2.45. The van der Waals surface area contributed by atoms with E-state index in [0.717, 1.165) is 0 Å². The van der Waals surface area contributed by atoms with Gasteiger partial charge in [0.2, 0.25) is 5.66 Å². The molecule has 0 N–H and O–H groups in total. The average Bonchev–Trinajstić information content (AvgIpc) is 2.60. The third kappa shape index (κ3) is 3.47. The Morgan fingerprint density at radius 2 is 1.00 bits per heavy atom. The summed E-state index contributed by atoms with van der Waals surface area (Å²) in [7, 11) is 0. The van der Waals surface area contributed by atoms with Crippen LogP contribution in [0.5, 0.6) is 0 Å². The topological polar surface area (TPSA) is 24.7 Å². The first-order chi connectivity index (χ1) is 13.2. The molecule has 0 bridgehead atoms. The summed E-state index contributed by atoms with van der Waals surface area (Å²) in [6.07, 6.45) is 0. The van der Waals surface area contributed by atoms with Gasteiger partial charge in [-0.05, 0) is 45.9 Å². The van der Waals surface area contributed by atoms with E-state index < -0.39 is 5.66 Å². The highest BCUT2D eigenvalue weighted by atomic mass is 15.2. The maximum atomic E-state index is 4.76. The predicted octanol–water partition coefficient (Wildman–Crippen LogP) is 7.57. The van der Waals surface area contributed by atoms with Gasteiger partial charge in [0.1, 0.15) is 0 Å². The second-order valence-electron chi connectivity index (χ2n) is 9.31. The van der Waals surface area contributed by atoms with Gasteiger partial charge >= 0.3 is 0 Å². The van der Waals surface area contributed by atoms with Crippen LogP contribution in [-0.2, 0) is 5.66 Å². The molecule has 2 nitrogen and oxygen atoms in total. The predicted molar refractivity (Wildman–Crippen MR) is 120 cm³/mol. The second kappa shape index (κ2) is 7.68. The first kappa shape index (κ1) is 20.6. The number of hydrogen-bond donors (Lipinski definition) is 0. The Morgan fingerprint density at radius 1 is 0.607 bits per heavy atom. The molecular formula is C26H34N2. The minimum atomic E-state index is -0.649. The molecule has 0 fully saturated rings. The molecule has 1 aliphatic heterocycles. The fourth-order valence-corrected chi connectivity index (χ4v) is 4.01. The monoisotopic (exact) mass is 374 g/mol. The van der Waals surface area contributed by atoms with Crippen molar-refractivity contribution in [3.63, 3.8) is 0 Å². The molecule has 0 amide bonds. The van der Waals surface area contributed by atoms with Crippen LogP contribution in [-0.4, -0.2) is 6.01 Å². The van der Waals surface area contributed by atoms with Crippen molar-refractivity contribution in [2.24, 2.45) is 9.98 Å². The van der Waals surface area contributed by atoms with E-state index in [1.54, 1.807) is 0 Å². The maximum Gasteiger partial charge on any atom is 0.222 e. The standard InChI is InChI=1S/C26H34N2/c1-16(2)20-9-11-24(22(13-20)18(5)6)26(27-15-28-26)25-12-10-21(17(3)4)14-23(25)19(7)8/h9-14,16-19H,1-8H3. The summed E-state index contributed by atoms with van der Waals surface area (Å²) < 4.78 is 0. The van der Waals surface area contributed by atoms with Crippen molar-refractivity contribution in [2.75, 3.05) is 0 Å². The smallest absolute Gasteiger partial charge is 0.184 e. The van der Waals surface area contributed by atoms with Crippen LogP contribution in [0.15, 0.2) is 46.4 Å². The second-order valence-corrected chi connectivity index (χ2v) is 9.31. The number of hydrogen-bond acceptors (Lipinski definition) is 2. The zero-order valence-corrected chi connectivity index (χ0v) is 18.7. The van der Waals surface area contributed by atoms with Gasteiger partial charge in [0, 0.05) is 11.1 Å². The number of benzene rings is 2. The van der Waals surface area contributed by atoms with Crippen molar-refractivity contribution < 1.29 is 0 Å². The van der Waals surface area contributed by atoms with E-state index in [2.05, 4.69) is 97.8 Å². The first-order valence-electron chi connectivity index (χ1n) is 10.6. The third-order valence-electron chi connectivity index (χ3n) is 5.90. The van der Waals surface area contributed by atoms with E-state index in [1.165, 1.54) is 33.4 Å². The number of aliphatic imine (C=N–C) groups is 2. The summed E-state index contributed by atoms with van der Waals surface area (Å²) >= 11 is 0. The summed E-state index contributed by atoms with van der Waals surface area (Å²) in [5.41, 5.74) is 7.16. The Kier molecular flexibility index (Phi) is 5.64. The van der Waals surface area contributed by atoms with Crippen LogP contribution in [0.1, 0.15) is 112 Å². The van der Waals surface area contributed by atoms with Gasteiger partial charge < -0.3 is 0 Å². The minimum absolute atomic E-state index is 0.411. The van der Waals surface area contributed by atoms with Gasteiger partial charge in [0.25, 0.3) is 0 Å². The largest absolute Gasteiger partial charge is 0.222 e. The van der Waals surface area contributed by atoms with E-state index in [-0.39, 0.29) is 0 Å². The summed E-state index contributed by atoms with van der Waals surface area (Å²) in [6.45, 7) is 18.0. The summed E-state index contributed by atoms with van der Waals surface area (Å²) in [4.78, 5) is 9.52. The quantitative estimate of drug-likeness (QED) is 0.498. The van der Waals surface area contributed by atoms with Crippen LogP contribution >= 0.6 is 0 Å². The molecule has 2 aromatic rings. The van der Waals surface area contributed by atoms with Gasteiger partial charge in [0.05, 0.1) is 6.01 Å². The Bertz CT molecular complexity index is 852. The van der Waals surface area contributed by atoms with Gasteiger partial charge in [-0.15, -0.1) is 0 Å². The first-order valence-corrected chi connectivity index (χ1v) is 10.6. The van der Waals surface area contributed by atoms with Crippen molar-refractivity contribution in [2.45, 2.75) is 84.7 Å². The lowest BCUT2D eigenvalue weighted by molar-refractivity contribution is 0.528. The molecule has 0 spiro atoms. The van der Waals surface area contributed by atoms with Crippen molar-refractivity contribution >= 4 is 6.01 Å². The van der Waals surface area contributed by atoms with E-state index in [1.807, 2.05) is 0 Å². The molecule has 0 unspecified atom stereocenters. The number of rotatable bonds is 6. The molecule has 0 saturated carbocycles. The van der Waals surface area contributed by atoms with E-state index >= 15 is 0 Å². The molecule has 28 heavy (non-hydrogen) atoms. The molecule has 1 heterocycles. The van der Waals surface area contributed by atoms with Crippen LogP contribution in [0.3, 0.4) is 0 Å². The van der Waals surface area contributed by atoms with Crippen LogP contribution in [0.4, 0.5) is 0 Å². The normalized spacial score (nSPS) is 15.1. The lowest BCUT2D eigenvalue weighted by atomic mass is 9.78. The van der Waals surface area contributed by atoms with Crippen LogP contribution in [0, 0.1) is 0 Å². The molecule has 1 aliphatic rings. The van der Waals surface area contributed by atoms with Crippen LogP contribution in [0.25, 0.3) is 0 Å². The van der Waals surface area contributed by atoms with Crippen LogP contribution in [0.2, 0.25) is 0 Å². The molecule has 2 heteroatoms. The Hall–Kier alpha value is -2.18. The summed E-state index contributed by atoms with van der Waals surface area (Å²) in [5, 5.41) is 0. The summed E-state index contributed by atoms with van der Waals surface area (Å²) in [6, 6.07) is 16.6. The van der Waals surface area contributed by atoms with Gasteiger partial charge in [-0.25, -0.2) is 0 Å². The van der Waals surface area contributed by atoms with Crippen molar-refractivity contribution in [3.8, 4) is 0 Å². The van der Waals surface area contributed by atoms with Crippen LogP contribution < -0.4 is 0 Å². The lowest BCUT2D eigenvalue weighted by Gasteiger charge is -2.34. The van der Waals surface area contributed by atoms with Gasteiger partial charge in [0.15, 0.2) is 0 Å². The fraction of sp³-hybridized carbons (Fsp3) is 0.500. The van der Waals surface area contributed by atoms with Crippen molar-refractivity contribution in [1.82, 2.24) is 0 Å². The molecule has 0 radical (unpaired) electrons. The average molecular weight is 375 g/mol. The minimum Gasteiger partial charge on any atom is -0.184 e. The highest BCUT2D eigenvalue weighted by molar-refractivity contribution is 5.62. The highest BCUT2D eigenvalue weighted by Gasteiger charge is 2.41. The maximum absolute atomic E-state index is 4.76. The molecule has 0 aromatic heterocycles. The van der Waals surface area contributed by atoms with Gasteiger partial charge in [-0.2, -0.15) is 9.98 Å².